The molecule has 1 saturated carbocycles. The Bertz CT molecular complexity index is 561. The summed E-state index contributed by atoms with van der Waals surface area (Å²) in [4.78, 5) is 14.8. The van der Waals surface area contributed by atoms with E-state index in [0.717, 1.165) is 25.8 Å². The van der Waals surface area contributed by atoms with Crippen molar-refractivity contribution < 1.29 is 9.53 Å². The Balaban J connectivity index is 1.57. The predicted octanol–water partition coefficient (Wildman–Crippen LogP) is 1.22. The van der Waals surface area contributed by atoms with E-state index in [0.29, 0.717) is 19.6 Å². The Morgan fingerprint density at radius 3 is 2.70 bits per heavy atom. The van der Waals surface area contributed by atoms with E-state index >= 15 is 0 Å². The molecule has 20 heavy (non-hydrogen) atoms. The van der Waals surface area contributed by atoms with E-state index in [-0.39, 0.29) is 11.4 Å². The fourth-order valence-corrected chi connectivity index (χ4v) is 3.93. The zero-order valence-corrected chi connectivity index (χ0v) is 11.6. The van der Waals surface area contributed by atoms with Crippen molar-refractivity contribution in [3.05, 3.63) is 35.4 Å². The highest BCUT2D eigenvalue weighted by atomic mass is 16.5. The largest absolute Gasteiger partial charge is 0.363 e. The molecule has 1 aliphatic carbocycles. The molecule has 2 bridgehead atoms. The zero-order valence-electron chi connectivity index (χ0n) is 11.6. The zero-order chi connectivity index (χ0) is 13.8. The molecule has 2 N–H and O–H groups in total. The van der Waals surface area contributed by atoms with Gasteiger partial charge in [0.2, 0.25) is 0 Å². The van der Waals surface area contributed by atoms with Crippen molar-refractivity contribution in [2.24, 2.45) is 5.73 Å². The van der Waals surface area contributed by atoms with Crippen LogP contribution in [0.1, 0.15) is 30.4 Å². The first kappa shape index (κ1) is 12.4. The fourth-order valence-electron chi connectivity index (χ4n) is 3.93. The molecule has 4 heteroatoms. The molecule has 2 atom stereocenters. The third-order valence-corrected chi connectivity index (χ3v) is 5.11. The summed E-state index contributed by atoms with van der Waals surface area (Å²) in [6.45, 7) is 2.03. The summed E-state index contributed by atoms with van der Waals surface area (Å²) in [6.07, 6.45) is 3.31. The average molecular weight is 272 g/mol. The molecule has 1 amide bonds. The lowest BCUT2D eigenvalue weighted by Gasteiger charge is -2.35. The number of carbonyl (C=O) groups excluding carboxylic acids is 1. The monoisotopic (exact) mass is 272 g/mol. The van der Waals surface area contributed by atoms with Gasteiger partial charge in [0, 0.05) is 25.0 Å². The Kier molecular flexibility index (Phi) is 2.51. The molecule has 1 aromatic rings. The molecule has 0 radical (unpaired) electrons. The highest BCUT2D eigenvalue weighted by Crippen LogP contribution is 2.47. The second-order valence-electron chi connectivity index (χ2n) is 6.57. The van der Waals surface area contributed by atoms with Gasteiger partial charge in [-0.05, 0) is 30.4 Å². The lowest BCUT2D eigenvalue weighted by Crippen LogP contribution is -2.49. The van der Waals surface area contributed by atoms with Gasteiger partial charge in [-0.1, -0.05) is 24.3 Å². The molecule has 1 saturated heterocycles. The van der Waals surface area contributed by atoms with Crippen molar-refractivity contribution in [1.82, 2.24) is 4.90 Å². The van der Waals surface area contributed by atoms with Crippen LogP contribution in [0.25, 0.3) is 0 Å². The van der Waals surface area contributed by atoms with Crippen LogP contribution >= 0.6 is 0 Å². The predicted molar refractivity (Wildman–Crippen MR) is 75.0 cm³/mol. The average Bonchev–Trinajstić information content (AvgIpc) is 3.01. The number of ether oxygens (including phenoxy) is 1. The van der Waals surface area contributed by atoms with Crippen LogP contribution < -0.4 is 5.73 Å². The van der Waals surface area contributed by atoms with E-state index in [9.17, 15) is 4.79 Å². The molecule has 2 aliphatic heterocycles. The third kappa shape index (κ3) is 1.71. The Labute approximate surface area is 118 Å². The van der Waals surface area contributed by atoms with Gasteiger partial charge in [-0.3, -0.25) is 4.79 Å². The molecule has 2 unspecified atom stereocenters. The number of hydrogen-bond acceptors (Lipinski definition) is 3. The van der Waals surface area contributed by atoms with Crippen molar-refractivity contribution >= 4 is 5.91 Å². The van der Waals surface area contributed by atoms with Gasteiger partial charge in [0.1, 0.15) is 5.60 Å². The van der Waals surface area contributed by atoms with Crippen LogP contribution in [0.5, 0.6) is 0 Å². The molecule has 0 spiro atoms. The molecule has 0 aromatic heterocycles. The molecular formula is C16H20N2O2. The van der Waals surface area contributed by atoms with Crippen LogP contribution in [0.15, 0.2) is 24.3 Å². The Morgan fingerprint density at radius 1 is 1.25 bits per heavy atom. The van der Waals surface area contributed by atoms with Crippen LogP contribution in [0.3, 0.4) is 0 Å². The topological polar surface area (TPSA) is 55.6 Å². The van der Waals surface area contributed by atoms with Crippen molar-refractivity contribution in [1.29, 1.82) is 0 Å². The van der Waals surface area contributed by atoms with Gasteiger partial charge in [0.15, 0.2) is 0 Å². The Morgan fingerprint density at radius 2 is 2.05 bits per heavy atom. The van der Waals surface area contributed by atoms with Crippen molar-refractivity contribution in [2.45, 2.75) is 43.4 Å². The second-order valence-corrected chi connectivity index (χ2v) is 6.57. The van der Waals surface area contributed by atoms with E-state index in [2.05, 4.69) is 18.2 Å². The maximum absolute atomic E-state index is 12.9. The number of rotatable bonds is 1. The number of benzene rings is 1. The highest BCUT2D eigenvalue weighted by molar-refractivity contribution is 5.86. The summed E-state index contributed by atoms with van der Waals surface area (Å²) in [5.74, 6) is 0.150. The van der Waals surface area contributed by atoms with Crippen LogP contribution in [-0.4, -0.2) is 35.1 Å². The van der Waals surface area contributed by atoms with Crippen LogP contribution in [0, 0.1) is 0 Å². The lowest BCUT2D eigenvalue weighted by molar-refractivity contribution is -0.155. The number of amides is 1. The minimum atomic E-state index is -0.624. The van der Waals surface area contributed by atoms with E-state index < -0.39 is 5.60 Å². The molecule has 3 aliphatic rings. The number of carbonyl (C=O) groups is 1. The van der Waals surface area contributed by atoms with Gasteiger partial charge in [-0.25, -0.2) is 0 Å². The van der Waals surface area contributed by atoms with Gasteiger partial charge in [0.05, 0.1) is 6.61 Å². The molecule has 4 nitrogen and oxygen atoms in total. The first-order valence-corrected chi connectivity index (χ1v) is 7.39. The van der Waals surface area contributed by atoms with Crippen LogP contribution in [0.4, 0.5) is 0 Å². The first-order valence-electron chi connectivity index (χ1n) is 7.39. The van der Waals surface area contributed by atoms with E-state index in [4.69, 9.17) is 10.5 Å². The molecule has 2 fully saturated rings. The first-order chi connectivity index (χ1) is 9.60. The molecule has 1 aromatic carbocycles. The molecule has 106 valence electrons. The van der Waals surface area contributed by atoms with E-state index in [1.54, 1.807) is 0 Å². The van der Waals surface area contributed by atoms with Gasteiger partial charge in [0.25, 0.3) is 5.91 Å². The number of nitrogens with zero attached hydrogens (tertiary/aromatic N) is 1. The third-order valence-electron chi connectivity index (χ3n) is 5.11. The summed E-state index contributed by atoms with van der Waals surface area (Å²) in [5, 5.41) is 0. The van der Waals surface area contributed by atoms with Crippen molar-refractivity contribution in [2.75, 3.05) is 13.2 Å². The van der Waals surface area contributed by atoms with Gasteiger partial charge in [-0.15, -0.1) is 0 Å². The van der Waals surface area contributed by atoms with Crippen molar-refractivity contribution in [3.63, 3.8) is 0 Å². The summed E-state index contributed by atoms with van der Waals surface area (Å²) >= 11 is 0. The van der Waals surface area contributed by atoms with Gasteiger partial charge >= 0.3 is 0 Å². The Hall–Kier alpha value is -1.39. The van der Waals surface area contributed by atoms with Gasteiger partial charge < -0.3 is 15.4 Å². The SMILES string of the molecule is NC12CCC(C(=O)N3CCc4ccccc4C3)(C1)OC2. The quantitative estimate of drug-likeness (QED) is 0.836. The maximum atomic E-state index is 12.9. The van der Waals surface area contributed by atoms with Crippen LogP contribution in [-0.2, 0) is 22.5 Å². The molecule has 2 heterocycles. The molecule has 4 rings (SSSR count). The normalized spacial score (nSPS) is 35.1. The lowest BCUT2D eigenvalue weighted by atomic mass is 9.95. The van der Waals surface area contributed by atoms with Crippen molar-refractivity contribution in [3.8, 4) is 0 Å². The van der Waals surface area contributed by atoms with E-state index in [1.807, 2.05) is 11.0 Å². The minimum Gasteiger partial charge on any atom is -0.363 e. The summed E-state index contributed by atoms with van der Waals surface area (Å²) in [6, 6.07) is 8.37. The second kappa shape index (κ2) is 4.06. The van der Waals surface area contributed by atoms with Crippen LogP contribution in [0.2, 0.25) is 0 Å². The summed E-state index contributed by atoms with van der Waals surface area (Å²) in [5.41, 5.74) is 7.97. The summed E-state index contributed by atoms with van der Waals surface area (Å²) < 4.78 is 5.83. The standard InChI is InChI=1S/C16H20N2O2/c17-15-6-7-16(10-15,20-11-15)14(19)18-8-5-12-3-1-2-4-13(12)9-18/h1-4H,5-11,17H2. The number of hydrogen-bond donors (Lipinski definition) is 1. The summed E-state index contributed by atoms with van der Waals surface area (Å²) in [7, 11) is 0. The highest BCUT2D eigenvalue weighted by Gasteiger charge is 2.59. The minimum absolute atomic E-state index is 0.150. The number of nitrogens with two attached hydrogens (primary N) is 1. The number of fused-ring (bicyclic) bond motifs is 3. The maximum Gasteiger partial charge on any atom is 0.255 e. The molecular weight excluding hydrogens is 252 g/mol. The smallest absolute Gasteiger partial charge is 0.255 e. The van der Waals surface area contributed by atoms with Gasteiger partial charge in [-0.2, -0.15) is 0 Å². The van der Waals surface area contributed by atoms with E-state index in [1.165, 1.54) is 11.1 Å². The fraction of sp³-hybridized carbons (Fsp3) is 0.562.